The van der Waals surface area contributed by atoms with E-state index in [1.165, 1.54) is 14.2 Å². The van der Waals surface area contributed by atoms with Crippen LogP contribution in [0.15, 0.2) is 21.9 Å². The van der Waals surface area contributed by atoms with E-state index >= 15 is 4.39 Å². The number of phosphoric ester groups is 1. The standard InChI is InChI=1S/C26H38FN2O17P/c1-24-19(44-26(46-24)7-4-5-8-26)25(14-27,45-20(24)29-9-6-18(30)28-21(29)31)15-41-47(34,42-16-39-22(32)37-12-10-35-2)43-17-40-23(33)38-13-11-36-3/h6,9,19-20H,4-5,7-8,10-17H2,1-3H3,(H,28,30,31)/t19-,20+,24+,25+/m0/s1. The Morgan fingerprint density at radius 3 is 2.09 bits per heavy atom. The first-order valence-corrected chi connectivity index (χ1v) is 15.9. The van der Waals surface area contributed by atoms with Gasteiger partial charge in [-0.3, -0.25) is 18.9 Å². The van der Waals surface area contributed by atoms with Crippen molar-refractivity contribution in [1.29, 1.82) is 0 Å². The molecule has 0 unspecified atom stereocenters. The number of nitrogens with one attached hydrogen (secondary N) is 1. The van der Waals surface area contributed by atoms with E-state index in [4.69, 9.17) is 56.2 Å². The highest BCUT2D eigenvalue weighted by Gasteiger charge is 2.72. The molecule has 19 nitrogen and oxygen atoms in total. The van der Waals surface area contributed by atoms with Gasteiger partial charge in [-0.15, -0.1) is 0 Å². The number of hydrogen-bond acceptors (Lipinski definition) is 17. The second-order valence-electron chi connectivity index (χ2n) is 10.8. The summed E-state index contributed by atoms with van der Waals surface area (Å²) in [5.41, 5.74) is -5.15. The van der Waals surface area contributed by atoms with Crippen molar-refractivity contribution >= 4 is 20.1 Å². The second kappa shape index (κ2) is 16.0. The molecule has 1 aromatic heterocycles. The normalized spacial score (nSPS) is 26.3. The maximum Gasteiger partial charge on any atom is 0.510 e. The Morgan fingerprint density at radius 2 is 1.55 bits per heavy atom. The highest BCUT2D eigenvalue weighted by atomic mass is 31.2. The lowest BCUT2D eigenvalue weighted by Crippen LogP contribution is -2.51. The molecule has 21 heteroatoms. The van der Waals surface area contributed by atoms with Gasteiger partial charge in [0.25, 0.3) is 5.56 Å². The number of aromatic amines is 1. The minimum atomic E-state index is -4.88. The maximum atomic E-state index is 15.2. The van der Waals surface area contributed by atoms with Crippen LogP contribution in [-0.4, -0.2) is 112 Å². The van der Waals surface area contributed by atoms with E-state index in [1.54, 1.807) is 6.92 Å². The highest BCUT2D eigenvalue weighted by Crippen LogP contribution is 2.60. The number of hydrogen-bond donors (Lipinski definition) is 1. The first-order valence-electron chi connectivity index (χ1n) is 14.5. The van der Waals surface area contributed by atoms with Gasteiger partial charge >= 0.3 is 25.8 Å². The predicted molar refractivity (Wildman–Crippen MR) is 150 cm³/mol. The lowest BCUT2D eigenvalue weighted by molar-refractivity contribution is -0.253. The number of H-pyrrole nitrogens is 1. The summed E-state index contributed by atoms with van der Waals surface area (Å²) < 4.78 is 92.7. The Hall–Kier alpha value is -2.94. The fraction of sp³-hybridized carbons (Fsp3) is 0.769. The molecule has 3 heterocycles. The molecule has 4 atom stereocenters. The van der Waals surface area contributed by atoms with Crippen molar-refractivity contribution < 1.29 is 74.7 Å². The number of carbonyl (C=O) groups excluding carboxylic acids is 2. The molecule has 2 aliphatic heterocycles. The molecule has 1 aromatic rings. The zero-order valence-electron chi connectivity index (χ0n) is 26.0. The number of ether oxygens (including phenoxy) is 9. The van der Waals surface area contributed by atoms with E-state index in [2.05, 4.69) is 4.98 Å². The SMILES string of the molecule is COCCOC(=O)OCOP(=O)(OCOC(=O)OCCOC)OC[C@@]1(CF)O[C@@H](n2ccc(=O)[nH]c2=O)[C@]2(C)OC3(CCCC3)O[C@H]12. The molecule has 1 N–H and O–H groups in total. The molecule has 3 aliphatic rings. The molecule has 1 spiro atoms. The molecular formula is C26H38FN2O17P. The van der Waals surface area contributed by atoms with E-state index in [0.717, 1.165) is 29.7 Å². The van der Waals surface area contributed by atoms with Crippen LogP contribution in [0.5, 0.6) is 0 Å². The monoisotopic (exact) mass is 700 g/mol. The van der Waals surface area contributed by atoms with Crippen molar-refractivity contribution in [3.05, 3.63) is 33.1 Å². The zero-order valence-corrected chi connectivity index (χ0v) is 26.9. The molecule has 0 amide bonds. The summed E-state index contributed by atoms with van der Waals surface area (Å²) in [6.07, 6.45) is -1.43. The van der Waals surface area contributed by atoms with Crippen molar-refractivity contribution in [1.82, 2.24) is 9.55 Å². The molecule has 4 rings (SSSR count). The van der Waals surface area contributed by atoms with Gasteiger partial charge in [-0.2, -0.15) is 0 Å². The molecular weight excluding hydrogens is 662 g/mol. The first kappa shape index (κ1) is 36.9. The Morgan fingerprint density at radius 1 is 0.957 bits per heavy atom. The van der Waals surface area contributed by atoms with Gasteiger partial charge in [0.2, 0.25) is 13.6 Å². The third kappa shape index (κ3) is 8.76. The van der Waals surface area contributed by atoms with E-state index in [1.807, 2.05) is 0 Å². The van der Waals surface area contributed by atoms with Crippen LogP contribution in [-0.2, 0) is 60.8 Å². The Balaban J connectivity index is 1.54. The third-order valence-electron chi connectivity index (χ3n) is 7.53. The largest absolute Gasteiger partial charge is 0.510 e. The minimum Gasteiger partial charge on any atom is -0.432 e. The number of fused-ring (bicyclic) bond motifs is 1. The van der Waals surface area contributed by atoms with Crippen LogP contribution in [0.1, 0.15) is 38.8 Å². The fourth-order valence-corrected chi connectivity index (χ4v) is 6.39. The number of alkyl halides is 1. The van der Waals surface area contributed by atoms with Gasteiger partial charge in [0.15, 0.2) is 17.6 Å². The van der Waals surface area contributed by atoms with Crippen molar-refractivity contribution in [3.8, 4) is 0 Å². The fourth-order valence-electron chi connectivity index (χ4n) is 5.43. The molecule has 266 valence electrons. The van der Waals surface area contributed by atoms with Gasteiger partial charge in [-0.25, -0.2) is 32.4 Å². The number of nitrogens with zero attached hydrogens (tertiary/aromatic N) is 1. The number of carbonyl (C=O) groups is 2. The summed E-state index contributed by atoms with van der Waals surface area (Å²) in [5.74, 6) is -1.13. The first-order chi connectivity index (χ1) is 22.4. The molecule has 1 saturated carbocycles. The van der Waals surface area contributed by atoms with E-state index < -0.39 is 87.6 Å². The topological polar surface area (TPSA) is 217 Å². The van der Waals surface area contributed by atoms with Gasteiger partial charge < -0.3 is 42.6 Å². The van der Waals surface area contributed by atoms with Crippen LogP contribution in [0, 0.1) is 0 Å². The summed E-state index contributed by atoms with van der Waals surface area (Å²) >= 11 is 0. The number of halogens is 1. The molecule has 3 fully saturated rings. The molecule has 1 aliphatic carbocycles. The van der Waals surface area contributed by atoms with E-state index in [-0.39, 0.29) is 26.4 Å². The Bertz CT molecular complexity index is 1350. The highest BCUT2D eigenvalue weighted by molar-refractivity contribution is 7.48. The number of aromatic nitrogens is 2. The van der Waals surface area contributed by atoms with E-state index in [0.29, 0.717) is 12.8 Å². The molecule has 0 radical (unpaired) electrons. The summed E-state index contributed by atoms with van der Waals surface area (Å²) in [6.45, 7) is -2.89. The van der Waals surface area contributed by atoms with Crippen LogP contribution >= 0.6 is 7.82 Å². The van der Waals surface area contributed by atoms with Crippen LogP contribution in [0.2, 0.25) is 0 Å². The lowest BCUT2D eigenvalue weighted by Gasteiger charge is -2.34. The van der Waals surface area contributed by atoms with Gasteiger partial charge in [0, 0.05) is 39.3 Å². The lowest BCUT2D eigenvalue weighted by atomic mass is 9.88. The maximum absolute atomic E-state index is 15.2. The summed E-state index contributed by atoms with van der Waals surface area (Å²) in [4.78, 5) is 50.3. The van der Waals surface area contributed by atoms with Gasteiger partial charge in [0.05, 0.1) is 19.8 Å². The third-order valence-corrected chi connectivity index (χ3v) is 8.81. The summed E-state index contributed by atoms with van der Waals surface area (Å²) in [5, 5.41) is 0. The second-order valence-corrected chi connectivity index (χ2v) is 12.4. The van der Waals surface area contributed by atoms with Crippen molar-refractivity contribution in [2.75, 3.05) is 67.5 Å². The predicted octanol–water partition coefficient (Wildman–Crippen LogP) is 1.89. The summed E-state index contributed by atoms with van der Waals surface area (Å²) in [7, 11) is -2.11. The van der Waals surface area contributed by atoms with Gasteiger partial charge in [-0.1, -0.05) is 0 Å². The molecule has 0 aromatic carbocycles. The van der Waals surface area contributed by atoms with Crippen molar-refractivity contribution in [3.63, 3.8) is 0 Å². The van der Waals surface area contributed by atoms with Crippen molar-refractivity contribution in [2.24, 2.45) is 0 Å². The number of rotatable bonds is 17. The Kier molecular flexibility index (Phi) is 12.5. The average molecular weight is 701 g/mol. The number of methoxy groups -OCH3 is 2. The minimum absolute atomic E-state index is 0.0726. The van der Waals surface area contributed by atoms with Gasteiger partial charge in [0.1, 0.15) is 31.6 Å². The molecule has 2 saturated heterocycles. The van der Waals surface area contributed by atoms with Crippen LogP contribution < -0.4 is 11.2 Å². The molecule has 47 heavy (non-hydrogen) atoms. The van der Waals surface area contributed by atoms with E-state index in [9.17, 15) is 23.7 Å². The van der Waals surface area contributed by atoms with Crippen LogP contribution in [0.4, 0.5) is 14.0 Å². The molecule has 0 bridgehead atoms. The van der Waals surface area contributed by atoms with Crippen LogP contribution in [0.3, 0.4) is 0 Å². The smallest absolute Gasteiger partial charge is 0.432 e. The van der Waals surface area contributed by atoms with Crippen molar-refractivity contribution in [2.45, 2.75) is 61.9 Å². The summed E-state index contributed by atoms with van der Waals surface area (Å²) in [6, 6.07) is 1.08. The van der Waals surface area contributed by atoms with Crippen LogP contribution in [0.25, 0.3) is 0 Å². The number of phosphoric acid groups is 1. The Labute approximate surface area is 267 Å². The average Bonchev–Trinajstić information content (AvgIpc) is 3.67. The van der Waals surface area contributed by atoms with Gasteiger partial charge in [-0.05, 0) is 19.8 Å². The quantitative estimate of drug-likeness (QED) is 0.106. The zero-order chi connectivity index (χ0) is 34.1.